The quantitative estimate of drug-likeness (QED) is 0.726. The molecular weight excluding hydrogens is 187 g/mol. The second-order valence-electron chi connectivity index (χ2n) is 3.01. The van der Waals surface area contributed by atoms with Gasteiger partial charge in [-0.2, -0.15) is 5.10 Å². The van der Waals surface area contributed by atoms with Crippen molar-refractivity contribution >= 4 is 16.9 Å². The van der Waals surface area contributed by atoms with Gasteiger partial charge in [-0.3, -0.25) is 5.10 Å². The number of nitrogens with zero attached hydrogens (tertiary/aromatic N) is 1. The number of nitrogens with one attached hydrogen (secondary N) is 1. The van der Waals surface area contributed by atoms with Crippen LogP contribution in [0.5, 0.6) is 0 Å². The van der Waals surface area contributed by atoms with Gasteiger partial charge in [-0.05, 0) is 19.1 Å². The molecule has 0 aliphatic carbocycles. The molecule has 0 amide bonds. The van der Waals surface area contributed by atoms with Gasteiger partial charge in [0.1, 0.15) is 5.82 Å². The number of benzene rings is 1. The third-order valence-corrected chi connectivity index (χ3v) is 2.04. The maximum Gasteiger partial charge on any atom is 0.335 e. The van der Waals surface area contributed by atoms with Crippen LogP contribution in [0.25, 0.3) is 10.9 Å². The predicted molar refractivity (Wildman–Crippen MR) is 47.7 cm³/mol. The van der Waals surface area contributed by atoms with Crippen LogP contribution < -0.4 is 0 Å². The molecular formula is C9H7FN2O2. The first-order valence-electron chi connectivity index (χ1n) is 3.97. The molecule has 2 N–H and O–H groups in total. The Labute approximate surface area is 78.4 Å². The van der Waals surface area contributed by atoms with Crippen LogP contribution in [0.15, 0.2) is 12.1 Å². The molecule has 0 saturated heterocycles. The summed E-state index contributed by atoms with van der Waals surface area (Å²) in [6, 6.07) is 2.33. The van der Waals surface area contributed by atoms with Crippen LogP contribution >= 0.6 is 0 Å². The van der Waals surface area contributed by atoms with E-state index >= 15 is 0 Å². The lowest BCUT2D eigenvalue weighted by Crippen LogP contribution is -1.97. The minimum atomic E-state index is -1.16. The molecule has 1 aromatic carbocycles. The summed E-state index contributed by atoms with van der Waals surface area (Å²) in [4.78, 5) is 10.6. The molecule has 4 nitrogen and oxygen atoms in total. The van der Waals surface area contributed by atoms with Gasteiger partial charge >= 0.3 is 5.97 Å². The fraction of sp³-hybridized carbons (Fsp3) is 0.111. The monoisotopic (exact) mass is 194 g/mol. The Morgan fingerprint density at radius 1 is 1.57 bits per heavy atom. The number of fused-ring (bicyclic) bond motifs is 1. The van der Waals surface area contributed by atoms with Crippen molar-refractivity contribution in [1.82, 2.24) is 10.2 Å². The first kappa shape index (κ1) is 8.68. The highest BCUT2D eigenvalue weighted by Gasteiger charge is 2.12. The normalized spacial score (nSPS) is 10.7. The van der Waals surface area contributed by atoms with Crippen LogP contribution in [-0.4, -0.2) is 21.3 Å². The summed E-state index contributed by atoms with van der Waals surface area (Å²) in [5, 5.41) is 15.4. The summed E-state index contributed by atoms with van der Waals surface area (Å²) < 4.78 is 13.4. The lowest BCUT2D eigenvalue weighted by atomic mass is 10.1. The average molecular weight is 194 g/mol. The summed E-state index contributed by atoms with van der Waals surface area (Å²) in [7, 11) is 0. The Hall–Kier alpha value is -1.91. The molecule has 2 rings (SSSR count). The minimum absolute atomic E-state index is 0.0958. The highest BCUT2D eigenvalue weighted by atomic mass is 19.1. The molecule has 1 aromatic heterocycles. The van der Waals surface area contributed by atoms with Gasteiger partial charge in [0.2, 0.25) is 0 Å². The topological polar surface area (TPSA) is 66.0 Å². The molecule has 0 aliphatic rings. The van der Waals surface area contributed by atoms with E-state index in [1.165, 1.54) is 6.07 Å². The van der Waals surface area contributed by atoms with E-state index in [1.54, 1.807) is 6.92 Å². The number of halogens is 1. The van der Waals surface area contributed by atoms with E-state index in [2.05, 4.69) is 10.2 Å². The van der Waals surface area contributed by atoms with E-state index in [0.29, 0.717) is 16.6 Å². The SMILES string of the molecule is Cc1[nH]nc2cc(C(=O)O)cc(F)c12. The number of carbonyl (C=O) groups is 1. The second-order valence-corrected chi connectivity index (χ2v) is 3.01. The molecule has 0 radical (unpaired) electrons. The van der Waals surface area contributed by atoms with Gasteiger partial charge in [0.15, 0.2) is 0 Å². The Kier molecular flexibility index (Phi) is 1.73. The molecule has 0 atom stereocenters. The van der Waals surface area contributed by atoms with E-state index < -0.39 is 11.8 Å². The van der Waals surface area contributed by atoms with Crippen LogP contribution in [0.3, 0.4) is 0 Å². The lowest BCUT2D eigenvalue weighted by Gasteiger charge is -1.96. The van der Waals surface area contributed by atoms with E-state index in [1.807, 2.05) is 0 Å². The summed E-state index contributed by atoms with van der Waals surface area (Å²) in [5.74, 6) is -1.72. The standard InChI is InChI=1S/C9H7FN2O2/c1-4-8-6(10)2-5(9(13)14)3-7(8)12-11-4/h2-3H,1H3,(H,11,12)(H,13,14). The number of carboxylic acids is 1. The molecule has 2 aromatic rings. The Bertz CT molecular complexity index is 519. The zero-order valence-corrected chi connectivity index (χ0v) is 7.34. The number of hydrogen-bond donors (Lipinski definition) is 2. The Morgan fingerprint density at radius 3 is 2.93 bits per heavy atom. The highest BCUT2D eigenvalue weighted by molar-refractivity contribution is 5.94. The number of carboxylic acid groups (broad SMARTS) is 1. The number of aromatic amines is 1. The van der Waals surface area contributed by atoms with Crippen molar-refractivity contribution in [3.05, 3.63) is 29.2 Å². The van der Waals surface area contributed by atoms with Crippen molar-refractivity contribution in [3.63, 3.8) is 0 Å². The molecule has 0 aliphatic heterocycles. The number of hydrogen-bond acceptors (Lipinski definition) is 2. The van der Waals surface area contributed by atoms with E-state index in [4.69, 9.17) is 5.11 Å². The average Bonchev–Trinajstić information content (AvgIpc) is 2.48. The maximum absolute atomic E-state index is 13.4. The smallest absolute Gasteiger partial charge is 0.335 e. The molecule has 0 spiro atoms. The van der Waals surface area contributed by atoms with E-state index in [0.717, 1.165) is 6.07 Å². The number of rotatable bonds is 1. The second kappa shape index (κ2) is 2.80. The first-order valence-corrected chi connectivity index (χ1v) is 3.97. The molecule has 1 heterocycles. The Morgan fingerprint density at radius 2 is 2.29 bits per heavy atom. The number of H-pyrrole nitrogens is 1. The van der Waals surface area contributed by atoms with Gasteiger partial charge in [-0.25, -0.2) is 9.18 Å². The largest absolute Gasteiger partial charge is 0.478 e. The molecule has 5 heteroatoms. The third kappa shape index (κ3) is 1.14. The summed E-state index contributed by atoms with van der Waals surface area (Å²) in [6.45, 7) is 1.68. The van der Waals surface area contributed by atoms with Crippen molar-refractivity contribution in [2.75, 3.05) is 0 Å². The number of aromatic carboxylic acids is 1. The van der Waals surface area contributed by atoms with Crippen LogP contribution in [0.2, 0.25) is 0 Å². The molecule has 14 heavy (non-hydrogen) atoms. The highest BCUT2D eigenvalue weighted by Crippen LogP contribution is 2.20. The summed E-state index contributed by atoms with van der Waals surface area (Å²) >= 11 is 0. The summed E-state index contributed by atoms with van der Waals surface area (Å²) in [6.07, 6.45) is 0. The van der Waals surface area contributed by atoms with Gasteiger partial charge in [-0.15, -0.1) is 0 Å². The van der Waals surface area contributed by atoms with Crippen molar-refractivity contribution in [1.29, 1.82) is 0 Å². The van der Waals surface area contributed by atoms with Crippen LogP contribution in [0.1, 0.15) is 16.1 Å². The van der Waals surface area contributed by atoms with Gasteiger partial charge in [0, 0.05) is 5.69 Å². The predicted octanol–water partition coefficient (Wildman–Crippen LogP) is 1.71. The van der Waals surface area contributed by atoms with Crippen molar-refractivity contribution in [2.24, 2.45) is 0 Å². The first-order chi connectivity index (χ1) is 6.59. The van der Waals surface area contributed by atoms with Crippen molar-refractivity contribution < 1.29 is 14.3 Å². The van der Waals surface area contributed by atoms with Crippen LogP contribution in [0.4, 0.5) is 4.39 Å². The Balaban J connectivity index is 2.80. The molecule has 0 saturated carbocycles. The molecule has 0 fully saturated rings. The minimum Gasteiger partial charge on any atom is -0.478 e. The zero-order chi connectivity index (χ0) is 10.3. The van der Waals surface area contributed by atoms with Crippen LogP contribution in [-0.2, 0) is 0 Å². The van der Waals surface area contributed by atoms with Gasteiger partial charge in [0.25, 0.3) is 0 Å². The molecule has 72 valence electrons. The van der Waals surface area contributed by atoms with Gasteiger partial charge < -0.3 is 5.11 Å². The van der Waals surface area contributed by atoms with Crippen molar-refractivity contribution in [2.45, 2.75) is 6.92 Å². The molecule has 0 unspecified atom stereocenters. The van der Waals surface area contributed by atoms with E-state index in [-0.39, 0.29) is 5.56 Å². The van der Waals surface area contributed by atoms with E-state index in [9.17, 15) is 9.18 Å². The summed E-state index contributed by atoms with van der Waals surface area (Å²) in [5.41, 5.74) is 0.829. The fourth-order valence-electron chi connectivity index (χ4n) is 1.38. The molecule has 0 bridgehead atoms. The third-order valence-electron chi connectivity index (χ3n) is 2.04. The maximum atomic E-state index is 13.4. The number of aryl methyl sites for hydroxylation is 1. The lowest BCUT2D eigenvalue weighted by molar-refractivity contribution is 0.0696. The van der Waals surface area contributed by atoms with Gasteiger partial charge in [-0.1, -0.05) is 0 Å². The van der Waals surface area contributed by atoms with Gasteiger partial charge in [0.05, 0.1) is 16.5 Å². The van der Waals surface area contributed by atoms with Crippen LogP contribution in [0, 0.1) is 12.7 Å². The number of aromatic nitrogens is 2. The fourth-order valence-corrected chi connectivity index (χ4v) is 1.38. The van der Waals surface area contributed by atoms with Crippen molar-refractivity contribution in [3.8, 4) is 0 Å². The zero-order valence-electron chi connectivity index (χ0n) is 7.34.